The molecule has 1 heterocycles. The number of aliphatic hydroxyl groups excluding tert-OH is 3. The standard InChI is InChI=1S/C28H40O10/c1-13(29)36-15-7-9-27(2)14(11-15)12-18(30)20-16-5-6-19(28(16,3)10-8-17(20)27)37-26-23(33)21(31)22(32)24(38-26)25(34)35-4/h12,15-17,19-24,26,31-33H,5-11H2,1-4H3/t15-,16?,17?,19-,20?,21+,22+,23-,24+,26-,27+,28+/m1/s1. The molecule has 4 fully saturated rings. The molecule has 0 radical (unpaired) electrons. The largest absolute Gasteiger partial charge is 0.467 e. The van der Waals surface area contributed by atoms with Crippen LogP contribution < -0.4 is 0 Å². The second-order valence-corrected chi connectivity index (χ2v) is 12.4. The molecular formula is C28H40O10. The van der Waals surface area contributed by atoms with Crippen molar-refractivity contribution in [2.45, 2.75) is 109 Å². The fourth-order valence-electron chi connectivity index (χ4n) is 8.31. The maximum atomic E-state index is 13.6. The van der Waals surface area contributed by atoms with E-state index >= 15 is 0 Å². The van der Waals surface area contributed by atoms with Crippen molar-refractivity contribution in [2.24, 2.45) is 28.6 Å². The first-order chi connectivity index (χ1) is 17.9. The number of allylic oxidation sites excluding steroid dienone is 1. The quantitative estimate of drug-likeness (QED) is 0.451. The lowest BCUT2D eigenvalue weighted by Gasteiger charge is -2.57. The fourth-order valence-corrected chi connectivity index (χ4v) is 8.31. The van der Waals surface area contributed by atoms with E-state index in [2.05, 4.69) is 18.6 Å². The van der Waals surface area contributed by atoms with Gasteiger partial charge in [-0.15, -0.1) is 0 Å². The number of aliphatic hydroxyl groups is 3. The molecule has 10 heteroatoms. The van der Waals surface area contributed by atoms with Crippen LogP contribution in [0.4, 0.5) is 0 Å². The Labute approximate surface area is 222 Å². The number of rotatable bonds is 4. The molecule has 3 unspecified atom stereocenters. The number of carbonyl (C=O) groups is 3. The Kier molecular flexibility index (Phi) is 7.26. The van der Waals surface area contributed by atoms with Gasteiger partial charge in [-0.3, -0.25) is 9.59 Å². The third kappa shape index (κ3) is 4.33. The van der Waals surface area contributed by atoms with Gasteiger partial charge < -0.3 is 34.3 Å². The second kappa shape index (κ2) is 9.96. The summed E-state index contributed by atoms with van der Waals surface area (Å²) >= 11 is 0. The molecule has 1 saturated heterocycles. The van der Waals surface area contributed by atoms with Crippen LogP contribution in [0.1, 0.15) is 65.7 Å². The van der Waals surface area contributed by atoms with Crippen molar-refractivity contribution in [2.75, 3.05) is 7.11 Å². The summed E-state index contributed by atoms with van der Waals surface area (Å²) in [6, 6.07) is 0. The highest BCUT2D eigenvalue weighted by Crippen LogP contribution is 2.64. The molecule has 4 aliphatic carbocycles. The SMILES string of the molecule is COC(=O)[C@H]1O[C@@H](O[C@@H]2CCC3C4C(=O)C=C5C[C@H](OC(C)=O)CC[C@]5(C)C4CC[C@@]32C)[C@H](O)[C@@H](O)[C@@H]1O. The lowest BCUT2D eigenvalue weighted by atomic mass is 9.47. The summed E-state index contributed by atoms with van der Waals surface area (Å²) in [5.41, 5.74) is 0.612. The molecule has 0 spiro atoms. The van der Waals surface area contributed by atoms with Gasteiger partial charge in [0.2, 0.25) is 0 Å². The van der Waals surface area contributed by atoms with Gasteiger partial charge in [0.15, 0.2) is 18.2 Å². The van der Waals surface area contributed by atoms with E-state index in [0.717, 1.165) is 44.8 Å². The molecule has 0 bridgehead atoms. The Morgan fingerprint density at radius 1 is 1.00 bits per heavy atom. The number of hydrogen-bond acceptors (Lipinski definition) is 10. The topological polar surface area (TPSA) is 149 Å². The minimum Gasteiger partial charge on any atom is -0.467 e. The average Bonchev–Trinajstić information content (AvgIpc) is 3.20. The summed E-state index contributed by atoms with van der Waals surface area (Å²) in [5, 5.41) is 31.1. The van der Waals surface area contributed by atoms with Gasteiger partial charge >= 0.3 is 11.9 Å². The number of hydrogen-bond donors (Lipinski definition) is 3. The monoisotopic (exact) mass is 536 g/mol. The smallest absolute Gasteiger partial charge is 0.337 e. The van der Waals surface area contributed by atoms with Gasteiger partial charge in [0.1, 0.15) is 24.4 Å². The zero-order valence-electron chi connectivity index (χ0n) is 22.5. The Hall–Kier alpha value is -1.85. The highest BCUT2D eigenvalue weighted by Gasteiger charge is 2.62. The van der Waals surface area contributed by atoms with Crippen molar-refractivity contribution in [1.82, 2.24) is 0 Å². The van der Waals surface area contributed by atoms with Gasteiger partial charge in [-0.25, -0.2) is 4.79 Å². The number of fused-ring (bicyclic) bond motifs is 5. The molecule has 38 heavy (non-hydrogen) atoms. The molecule has 3 saturated carbocycles. The zero-order valence-corrected chi connectivity index (χ0v) is 22.5. The van der Waals surface area contributed by atoms with Crippen LogP contribution in [-0.2, 0) is 33.3 Å². The summed E-state index contributed by atoms with van der Waals surface area (Å²) in [7, 11) is 1.15. The number of methoxy groups -OCH3 is 1. The van der Waals surface area contributed by atoms with Crippen LogP contribution >= 0.6 is 0 Å². The van der Waals surface area contributed by atoms with Crippen LogP contribution in [0.3, 0.4) is 0 Å². The predicted molar refractivity (Wildman–Crippen MR) is 131 cm³/mol. The highest BCUT2D eigenvalue weighted by molar-refractivity contribution is 5.94. The van der Waals surface area contributed by atoms with Crippen molar-refractivity contribution in [3.05, 3.63) is 11.6 Å². The van der Waals surface area contributed by atoms with E-state index in [-0.39, 0.29) is 52.5 Å². The molecule has 212 valence electrons. The Balaban J connectivity index is 1.35. The fraction of sp³-hybridized carbons (Fsp3) is 0.821. The molecule has 0 aromatic heterocycles. The highest BCUT2D eigenvalue weighted by atomic mass is 16.7. The van der Waals surface area contributed by atoms with Crippen molar-refractivity contribution in [3.8, 4) is 0 Å². The van der Waals surface area contributed by atoms with Crippen LogP contribution in [0.5, 0.6) is 0 Å². The van der Waals surface area contributed by atoms with Crippen LogP contribution in [-0.4, -0.2) is 83.1 Å². The third-order valence-electron chi connectivity index (χ3n) is 10.4. The first-order valence-corrected chi connectivity index (χ1v) is 13.8. The number of ether oxygens (including phenoxy) is 4. The van der Waals surface area contributed by atoms with E-state index in [1.54, 1.807) is 0 Å². The summed E-state index contributed by atoms with van der Waals surface area (Å²) in [5.74, 6) is -0.902. The molecule has 0 amide bonds. The van der Waals surface area contributed by atoms with Crippen molar-refractivity contribution in [3.63, 3.8) is 0 Å². The first-order valence-electron chi connectivity index (χ1n) is 13.8. The summed E-state index contributed by atoms with van der Waals surface area (Å²) in [6.45, 7) is 5.79. The molecule has 0 aromatic rings. The third-order valence-corrected chi connectivity index (χ3v) is 10.4. The summed E-state index contributed by atoms with van der Waals surface area (Å²) in [4.78, 5) is 37.2. The first kappa shape index (κ1) is 27.7. The van der Waals surface area contributed by atoms with Crippen LogP contribution in [0.2, 0.25) is 0 Å². The van der Waals surface area contributed by atoms with Crippen LogP contribution in [0.25, 0.3) is 0 Å². The maximum absolute atomic E-state index is 13.6. The summed E-state index contributed by atoms with van der Waals surface area (Å²) in [6.07, 6.45) is -1.01. The van der Waals surface area contributed by atoms with E-state index in [1.165, 1.54) is 6.92 Å². The van der Waals surface area contributed by atoms with E-state index in [4.69, 9.17) is 14.2 Å². The van der Waals surface area contributed by atoms with E-state index < -0.39 is 36.7 Å². The molecule has 5 rings (SSSR count). The van der Waals surface area contributed by atoms with Crippen molar-refractivity contribution >= 4 is 17.7 Å². The van der Waals surface area contributed by atoms with Crippen LogP contribution in [0.15, 0.2) is 11.6 Å². The minimum absolute atomic E-state index is 0.0761. The second-order valence-electron chi connectivity index (χ2n) is 12.4. The minimum atomic E-state index is -1.64. The molecular weight excluding hydrogens is 496 g/mol. The van der Waals surface area contributed by atoms with Crippen LogP contribution in [0, 0.1) is 28.6 Å². The molecule has 3 N–H and O–H groups in total. The van der Waals surface area contributed by atoms with E-state index in [9.17, 15) is 29.7 Å². The van der Waals surface area contributed by atoms with E-state index in [0.29, 0.717) is 12.8 Å². The molecule has 12 atom stereocenters. The number of carbonyl (C=O) groups excluding carboxylic acids is 3. The van der Waals surface area contributed by atoms with Gasteiger partial charge in [-0.05, 0) is 67.3 Å². The number of esters is 2. The lowest BCUT2D eigenvalue weighted by Crippen LogP contribution is -2.61. The van der Waals surface area contributed by atoms with Crippen molar-refractivity contribution in [1.29, 1.82) is 0 Å². The molecule has 1 aliphatic heterocycles. The average molecular weight is 537 g/mol. The molecule has 10 nitrogen and oxygen atoms in total. The Morgan fingerprint density at radius 3 is 2.42 bits per heavy atom. The zero-order chi connectivity index (χ0) is 27.6. The Bertz CT molecular complexity index is 1010. The predicted octanol–water partition coefficient (Wildman–Crippen LogP) is 1.43. The molecule has 0 aromatic carbocycles. The number of ketones is 1. The normalized spacial score (nSPS) is 48.3. The van der Waals surface area contributed by atoms with Gasteiger partial charge in [0.05, 0.1) is 13.2 Å². The van der Waals surface area contributed by atoms with Gasteiger partial charge in [0, 0.05) is 19.3 Å². The van der Waals surface area contributed by atoms with E-state index in [1.807, 2.05) is 6.08 Å². The summed E-state index contributed by atoms with van der Waals surface area (Å²) < 4.78 is 22.0. The van der Waals surface area contributed by atoms with Gasteiger partial charge in [-0.2, -0.15) is 0 Å². The van der Waals surface area contributed by atoms with Crippen molar-refractivity contribution < 1.29 is 48.7 Å². The lowest BCUT2D eigenvalue weighted by molar-refractivity contribution is -0.313. The maximum Gasteiger partial charge on any atom is 0.337 e. The van der Waals surface area contributed by atoms with Gasteiger partial charge in [-0.1, -0.05) is 19.4 Å². The molecule has 5 aliphatic rings. The Morgan fingerprint density at radius 2 is 1.74 bits per heavy atom. The van der Waals surface area contributed by atoms with Gasteiger partial charge in [0.25, 0.3) is 0 Å².